The molecule has 1 fully saturated rings. The van der Waals surface area contributed by atoms with Crippen molar-refractivity contribution in [1.29, 1.82) is 0 Å². The van der Waals surface area contributed by atoms with Crippen LogP contribution in [0.4, 0.5) is 5.95 Å². The van der Waals surface area contributed by atoms with E-state index in [0.717, 1.165) is 43.1 Å². The Morgan fingerprint density at radius 3 is 2.91 bits per heavy atom. The number of hydrogen-bond acceptors (Lipinski definition) is 5. The van der Waals surface area contributed by atoms with Gasteiger partial charge in [0, 0.05) is 43.4 Å². The van der Waals surface area contributed by atoms with Crippen molar-refractivity contribution in [2.45, 2.75) is 32.2 Å². The van der Waals surface area contributed by atoms with Crippen LogP contribution in [-0.4, -0.2) is 40.0 Å². The van der Waals surface area contributed by atoms with Crippen LogP contribution in [0.1, 0.15) is 24.1 Å². The standard InChI is InChI=1S/C17H21N5O/c1-13-5-8-18-15(10-13)11-16(23)21-14-4-2-9-22(12-14)17-19-6-3-7-20-17/h3,5-8,10,14H,2,4,9,11-12H2,1H3,(H,21,23). The lowest BCUT2D eigenvalue weighted by Crippen LogP contribution is -2.48. The van der Waals surface area contributed by atoms with Crippen LogP contribution >= 0.6 is 0 Å². The average molecular weight is 311 g/mol. The van der Waals surface area contributed by atoms with E-state index < -0.39 is 0 Å². The topological polar surface area (TPSA) is 71.0 Å². The van der Waals surface area contributed by atoms with Crippen LogP contribution in [0.5, 0.6) is 0 Å². The summed E-state index contributed by atoms with van der Waals surface area (Å²) in [5, 5.41) is 3.11. The summed E-state index contributed by atoms with van der Waals surface area (Å²) in [4.78, 5) is 27.2. The molecule has 6 heteroatoms. The summed E-state index contributed by atoms with van der Waals surface area (Å²) in [6.07, 6.45) is 7.55. The molecule has 1 aliphatic heterocycles. The maximum Gasteiger partial charge on any atom is 0.226 e. The number of aromatic nitrogens is 3. The van der Waals surface area contributed by atoms with Crippen molar-refractivity contribution >= 4 is 11.9 Å². The number of hydrogen-bond donors (Lipinski definition) is 1. The van der Waals surface area contributed by atoms with Crippen LogP contribution in [0.15, 0.2) is 36.8 Å². The number of carbonyl (C=O) groups is 1. The summed E-state index contributed by atoms with van der Waals surface area (Å²) in [5.41, 5.74) is 1.93. The van der Waals surface area contributed by atoms with Gasteiger partial charge in [-0.25, -0.2) is 9.97 Å². The molecule has 1 N–H and O–H groups in total. The van der Waals surface area contributed by atoms with Crippen molar-refractivity contribution in [3.8, 4) is 0 Å². The second-order valence-corrected chi connectivity index (χ2v) is 5.90. The summed E-state index contributed by atoms with van der Waals surface area (Å²) in [5.74, 6) is 0.746. The lowest BCUT2D eigenvalue weighted by molar-refractivity contribution is -0.121. The van der Waals surface area contributed by atoms with Gasteiger partial charge in [0.05, 0.1) is 6.42 Å². The molecule has 3 heterocycles. The van der Waals surface area contributed by atoms with Gasteiger partial charge in [-0.05, 0) is 43.5 Å². The quantitative estimate of drug-likeness (QED) is 0.926. The summed E-state index contributed by atoms with van der Waals surface area (Å²) in [6.45, 7) is 3.68. The molecule has 0 bridgehead atoms. The predicted octanol–water partition coefficient (Wildman–Crippen LogP) is 1.51. The zero-order valence-corrected chi connectivity index (χ0v) is 13.3. The number of pyridine rings is 1. The first-order valence-electron chi connectivity index (χ1n) is 7.93. The van der Waals surface area contributed by atoms with Gasteiger partial charge in [0.25, 0.3) is 0 Å². The smallest absolute Gasteiger partial charge is 0.226 e. The first kappa shape index (κ1) is 15.4. The first-order chi connectivity index (χ1) is 11.2. The normalized spacial score (nSPS) is 17.8. The molecule has 2 aromatic heterocycles. The lowest BCUT2D eigenvalue weighted by Gasteiger charge is -2.33. The molecule has 2 aromatic rings. The van der Waals surface area contributed by atoms with Gasteiger partial charge in [0.1, 0.15) is 0 Å². The van der Waals surface area contributed by atoms with E-state index in [1.54, 1.807) is 18.6 Å². The SMILES string of the molecule is Cc1ccnc(CC(=O)NC2CCCN(c3ncccn3)C2)c1. The fourth-order valence-corrected chi connectivity index (χ4v) is 2.87. The highest BCUT2D eigenvalue weighted by Crippen LogP contribution is 2.15. The molecule has 0 saturated carbocycles. The third-order valence-corrected chi connectivity index (χ3v) is 3.94. The molecule has 1 unspecified atom stereocenters. The van der Waals surface area contributed by atoms with Crippen molar-refractivity contribution in [1.82, 2.24) is 20.3 Å². The molecule has 1 saturated heterocycles. The highest BCUT2D eigenvalue weighted by Gasteiger charge is 2.23. The predicted molar refractivity (Wildman–Crippen MR) is 88.1 cm³/mol. The van der Waals surface area contributed by atoms with Crippen LogP contribution < -0.4 is 10.2 Å². The van der Waals surface area contributed by atoms with E-state index in [2.05, 4.69) is 25.2 Å². The summed E-state index contributed by atoms with van der Waals surface area (Å²) in [7, 11) is 0. The Balaban J connectivity index is 1.56. The van der Waals surface area contributed by atoms with Gasteiger partial charge in [0.2, 0.25) is 11.9 Å². The Morgan fingerprint density at radius 1 is 1.30 bits per heavy atom. The van der Waals surface area contributed by atoms with E-state index in [0.29, 0.717) is 6.42 Å². The Kier molecular flexibility index (Phi) is 4.80. The average Bonchev–Trinajstić information content (AvgIpc) is 2.56. The zero-order valence-electron chi connectivity index (χ0n) is 13.3. The fourth-order valence-electron chi connectivity index (χ4n) is 2.87. The molecular weight excluding hydrogens is 290 g/mol. The number of rotatable bonds is 4. The first-order valence-corrected chi connectivity index (χ1v) is 7.93. The van der Waals surface area contributed by atoms with Gasteiger partial charge in [-0.3, -0.25) is 9.78 Å². The molecule has 0 aliphatic carbocycles. The molecule has 0 aromatic carbocycles. The van der Waals surface area contributed by atoms with E-state index in [1.807, 2.05) is 25.1 Å². The van der Waals surface area contributed by atoms with E-state index >= 15 is 0 Å². The summed E-state index contributed by atoms with van der Waals surface area (Å²) < 4.78 is 0. The van der Waals surface area contributed by atoms with Gasteiger partial charge in [-0.2, -0.15) is 0 Å². The largest absolute Gasteiger partial charge is 0.351 e. The monoisotopic (exact) mass is 311 g/mol. The highest BCUT2D eigenvalue weighted by atomic mass is 16.1. The van der Waals surface area contributed by atoms with Crippen LogP contribution in [0.3, 0.4) is 0 Å². The highest BCUT2D eigenvalue weighted by molar-refractivity contribution is 5.78. The van der Waals surface area contributed by atoms with Gasteiger partial charge in [0.15, 0.2) is 0 Å². The number of anilines is 1. The van der Waals surface area contributed by atoms with E-state index in [-0.39, 0.29) is 11.9 Å². The van der Waals surface area contributed by atoms with Gasteiger partial charge in [-0.15, -0.1) is 0 Å². The Bertz CT molecular complexity index is 661. The molecule has 3 rings (SSSR count). The molecule has 0 spiro atoms. The lowest BCUT2D eigenvalue weighted by atomic mass is 10.1. The Labute approximate surface area is 136 Å². The molecule has 6 nitrogen and oxygen atoms in total. The van der Waals surface area contributed by atoms with Crippen molar-refractivity contribution in [3.05, 3.63) is 48.0 Å². The molecule has 23 heavy (non-hydrogen) atoms. The molecule has 1 atom stereocenters. The maximum atomic E-state index is 12.2. The van der Waals surface area contributed by atoms with Crippen molar-refractivity contribution in [2.75, 3.05) is 18.0 Å². The Morgan fingerprint density at radius 2 is 2.13 bits per heavy atom. The van der Waals surface area contributed by atoms with Crippen LogP contribution in [-0.2, 0) is 11.2 Å². The minimum atomic E-state index is 0.0175. The minimum absolute atomic E-state index is 0.0175. The van der Waals surface area contributed by atoms with Crippen LogP contribution in [0.25, 0.3) is 0 Å². The second-order valence-electron chi connectivity index (χ2n) is 5.90. The number of amides is 1. The van der Waals surface area contributed by atoms with E-state index in [4.69, 9.17) is 0 Å². The number of nitrogens with one attached hydrogen (secondary N) is 1. The number of piperidine rings is 1. The van der Waals surface area contributed by atoms with Crippen molar-refractivity contribution in [2.24, 2.45) is 0 Å². The molecule has 0 radical (unpaired) electrons. The van der Waals surface area contributed by atoms with Crippen molar-refractivity contribution < 1.29 is 4.79 Å². The zero-order chi connectivity index (χ0) is 16.1. The van der Waals surface area contributed by atoms with Gasteiger partial charge >= 0.3 is 0 Å². The maximum absolute atomic E-state index is 12.2. The third-order valence-electron chi connectivity index (χ3n) is 3.94. The molecular formula is C17H21N5O. The van der Waals surface area contributed by atoms with Crippen LogP contribution in [0, 0.1) is 6.92 Å². The summed E-state index contributed by atoms with van der Waals surface area (Å²) in [6, 6.07) is 5.82. The Hall–Kier alpha value is -2.50. The fraction of sp³-hybridized carbons (Fsp3) is 0.412. The molecule has 120 valence electrons. The van der Waals surface area contributed by atoms with Gasteiger partial charge < -0.3 is 10.2 Å². The minimum Gasteiger partial charge on any atom is -0.351 e. The van der Waals surface area contributed by atoms with E-state index in [9.17, 15) is 4.79 Å². The molecule has 1 amide bonds. The van der Waals surface area contributed by atoms with Crippen LogP contribution in [0.2, 0.25) is 0 Å². The van der Waals surface area contributed by atoms with Crippen molar-refractivity contribution in [3.63, 3.8) is 0 Å². The number of carbonyl (C=O) groups excluding carboxylic acids is 1. The number of aryl methyl sites for hydroxylation is 1. The third kappa shape index (κ3) is 4.25. The van der Waals surface area contributed by atoms with Gasteiger partial charge in [-0.1, -0.05) is 0 Å². The summed E-state index contributed by atoms with van der Waals surface area (Å²) >= 11 is 0. The van der Waals surface area contributed by atoms with E-state index in [1.165, 1.54) is 0 Å². The molecule has 1 aliphatic rings. The second kappa shape index (κ2) is 7.17. The number of nitrogens with zero attached hydrogens (tertiary/aromatic N) is 4.